The van der Waals surface area contributed by atoms with Crippen molar-refractivity contribution in [3.8, 4) is 24.2 Å². The number of unbranched alkanes of at least 4 members (excludes halogenated alkanes) is 5. The maximum absolute atomic E-state index is 12.0. The maximum Gasteiger partial charge on any atom is 0.462 e. The van der Waals surface area contributed by atoms with Crippen molar-refractivity contribution >= 4 is 5.78 Å². The van der Waals surface area contributed by atoms with Gasteiger partial charge in [-0.15, -0.1) is 12.3 Å². The van der Waals surface area contributed by atoms with Crippen LogP contribution in [0.5, 0.6) is 0 Å². The Labute approximate surface area is 180 Å². The fraction of sp³-hybridized carbons (Fsp3) is 0.636. The van der Waals surface area contributed by atoms with E-state index in [-0.39, 0.29) is 0 Å². The maximum atomic E-state index is 12.0. The van der Waals surface area contributed by atoms with E-state index in [1.165, 1.54) is 12.8 Å². The number of nitrogens with zero attached hydrogens (tertiary/aromatic N) is 1. The first-order valence-corrected chi connectivity index (χ1v) is 10.1. The number of aromatic amines is 1. The Morgan fingerprint density at radius 2 is 1.55 bits per heavy atom. The normalized spacial score (nSPS) is 10.5. The van der Waals surface area contributed by atoms with Gasteiger partial charge in [0.2, 0.25) is 0 Å². The lowest BCUT2D eigenvalue weighted by molar-refractivity contribution is -0.164. The molecule has 0 unspecified atom stereocenters. The van der Waals surface area contributed by atoms with Crippen molar-refractivity contribution < 1.29 is 31.1 Å². The molecule has 0 bridgehead atoms. The van der Waals surface area contributed by atoms with Crippen LogP contribution in [0.25, 0.3) is 0 Å². The van der Waals surface area contributed by atoms with Crippen LogP contribution in [0.2, 0.25) is 0 Å². The van der Waals surface area contributed by atoms with E-state index in [4.69, 9.17) is 6.42 Å². The fourth-order valence-electron chi connectivity index (χ4n) is 1.76. The Morgan fingerprint density at radius 1 is 1.00 bits per heavy atom. The second-order valence-electron chi connectivity index (χ2n) is 6.42. The van der Waals surface area contributed by atoms with Crippen LogP contribution < -0.4 is 0 Å². The van der Waals surface area contributed by atoms with Gasteiger partial charge in [-0.1, -0.05) is 46.0 Å². The summed E-state index contributed by atoms with van der Waals surface area (Å²) in [7, 11) is 0. The number of nitrogens with one attached hydrogen (secondary N) is 1. The number of hydrogen-bond donors (Lipinski definition) is 1. The Balaban J connectivity index is 0. The van der Waals surface area contributed by atoms with Crippen LogP contribution in [0.3, 0.4) is 0 Å². The van der Waals surface area contributed by atoms with Gasteiger partial charge >= 0.3 is 18.1 Å². The monoisotopic (exact) mass is 452 g/mol. The van der Waals surface area contributed by atoms with E-state index in [2.05, 4.69) is 29.0 Å². The number of rotatable bonds is 7. The first-order chi connectivity index (χ1) is 14.4. The van der Waals surface area contributed by atoms with Crippen LogP contribution in [0.1, 0.15) is 83.5 Å². The minimum atomic E-state index is -4.81. The highest BCUT2D eigenvalue weighted by molar-refractivity contribution is 5.99. The minimum Gasteiger partial charge on any atom is -0.282 e. The lowest BCUT2D eigenvalue weighted by atomic mass is 10.2. The van der Waals surface area contributed by atoms with Gasteiger partial charge in [0.15, 0.2) is 5.69 Å². The van der Waals surface area contributed by atoms with Gasteiger partial charge in [-0.25, -0.2) is 0 Å². The quantitative estimate of drug-likeness (QED) is 0.212. The molecule has 9 heteroatoms. The lowest BCUT2D eigenvalue weighted by Gasteiger charge is -1.98. The van der Waals surface area contributed by atoms with Crippen molar-refractivity contribution in [2.75, 3.05) is 0 Å². The van der Waals surface area contributed by atoms with E-state index in [1.54, 1.807) is 5.92 Å². The molecular weight excluding hydrogens is 422 g/mol. The number of H-pyrrole nitrogens is 1. The molecule has 0 aromatic carbocycles. The molecule has 0 amide bonds. The molecule has 0 spiro atoms. The third-order valence-electron chi connectivity index (χ3n) is 3.51. The number of halogens is 6. The predicted molar refractivity (Wildman–Crippen MR) is 109 cm³/mol. The number of terminal acetylenes is 1. The van der Waals surface area contributed by atoms with Crippen LogP contribution in [0, 0.1) is 24.2 Å². The Bertz CT molecular complexity index is 703. The van der Waals surface area contributed by atoms with Gasteiger partial charge in [-0.05, 0) is 37.7 Å². The molecule has 1 rings (SSSR count). The van der Waals surface area contributed by atoms with Crippen LogP contribution >= 0.6 is 0 Å². The predicted octanol–water partition coefficient (Wildman–Crippen LogP) is 6.89. The van der Waals surface area contributed by atoms with E-state index in [9.17, 15) is 31.1 Å². The highest BCUT2D eigenvalue weighted by Gasteiger charge is 2.37. The highest BCUT2D eigenvalue weighted by Crippen LogP contribution is 2.27. The molecular formula is C22H30F6N2O. The number of aromatic nitrogens is 2. The van der Waals surface area contributed by atoms with Crippen molar-refractivity contribution in [2.24, 2.45) is 0 Å². The summed E-state index contributed by atoms with van der Waals surface area (Å²) in [4.78, 5) is 10.1. The average molecular weight is 452 g/mol. The standard InChI is InChI=1S/C8H11F3N2.C8H9F3O.C6H10/c1-2-3-4-6-5-7(13-12-6)8(9,10)11;1-2-3-4-5-6-7(12)8(9,10)11;1-3-5-6-4-2/h5H,2-4H2,1H3,(H,12,13);2-4H2,1H3;1H,4-6H2,2H3. The van der Waals surface area contributed by atoms with Gasteiger partial charge in [0.1, 0.15) is 0 Å². The van der Waals surface area contributed by atoms with Gasteiger partial charge in [0.25, 0.3) is 0 Å². The molecule has 1 aromatic rings. The zero-order chi connectivity index (χ0) is 24.3. The highest BCUT2D eigenvalue weighted by atomic mass is 19.4. The van der Waals surface area contributed by atoms with E-state index < -0.39 is 23.8 Å². The summed E-state index contributed by atoms with van der Waals surface area (Å²) in [6, 6.07) is 1.07. The summed E-state index contributed by atoms with van der Waals surface area (Å²) in [5.74, 6) is 4.33. The molecule has 1 heterocycles. The van der Waals surface area contributed by atoms with Gasteiger partial charge in [0, 0.05) is 18.5 Å². The number of Topliss-reactive ketones (excluding diaryl/α,β-unsaturated/α-hetero) is 1. The molecule has 176 valence electrons. The largest absolute Gasteiger partial charge is 0.462 e. The zero-order valence-electron chi connectivity index (χ0n) is 18.1. The molecule has 0 fully saturated rings. The van der Waals surface area contributed by atoms with Crippen LogP contribution in [-0.4, -0.2) is 22.2 Å². The summed E-state index contributed by atoms with van der Waals surface area (Å²) in [6.07, 6.45) is 3.54. The number of aryl methyl sites for hydroxylation is 1. The molecule has 0 atom stereocenters. The van der Waals surface area contributed by atoms with Gasteiger partial charge in [-0.2, -0.15) is 31.4 Å². The summed E-state index contributed by atoms with van der Waals surface area (Å²) < 4.78 is 70.6. The van der Waals surface area contributed by atoms with Gasteiger partial charge in [0.05, 0.1) is 0 Å². The number of carbonyl (C=O) groups excluding carboxylic acids is 1. The number of hydrogen-bond acceptors (Lipinski definition) is 2. The molecule has 0 aliphatic rings. The number of ketones is 1. The second kappa shape index (κ2) is 17.3. The third-order valence-corrected chi connectivity index (χ3v) is 3.51. The topological polar surface area (TPSA) is 45.8 Å². The van der Waals surface area contributed by atoms with Crippen LogP contribution in [-0.2, 0) is 17.4 Å². The average Bonchev–Trinajstić information content (AvgIpc) is 3.18. The number of alkyl halides is 6. The summed E-state index contributed by atoms with van der Waals surface area (Å²) in [5, 5.41) is 5.57. The SMILES string of the molecule is C#CCCCC.CCCCC#CC(=O)C(F)(F)F.CCCCc1cc(C(F)(F)F)n[nH]1. The van der Waals surface area contributed by atoms with Crippen molar-refractivity contribution in [1.82, 2.24) is 10.2 Å². The molecule has 0 saturated carbocycles. The molecule has 1 aromatic heterocycles. The number of carbonyl (C=O) groups is 1. The summed E-state index contributed by atoms with van der Waals surface area (Å²) in [5.41, 5.74) is -0.284. The second-order valence-corrected chi connectivity index (χ2v) is 6.42. The Hall–Kier alpha value is -2.42. The summed E-state index contributed by atoms with van der Waals surface area (Å²) >= 11 is 0. The smallest absolute Gasteiger partial charge is 0.282 e. The Kier molecular flexibility index (Phi) is 17.2. The van der Waals surface area contributed by atoms with Gasteiger partial charge in [-0.3, -0.25) is 9.89 Å². The zero-order valence-corrected chi connectivity index (χ0v) is 18.1. The van der Waals surface area contributed by atoms with Crippen LogP contribution in [0.15, 0.2) is 6.07 Å². The van der Waals surface area contributed by atoms with Crippen molar-refractivity contribution in [2.45, 2.75) is 90.9 Å². The van der Waals surface area contributed by atoms with Crippen molar-refractivity contribution in [3.63, 3.8) is 0 Å². The first kappa shape index (κ1) is 30.8. The Morgan fingerprint density at radius 3 is 1.94 bits per heavy atom. The molecule has 0 aliphatic carbocycles. The molecule has 0 radical (unpaired) electrons. The molecule has 31 heavy (non-hydrogen) atoms. The van der Waals surface area contributed by atoms with Crippen LogP contribution in [0.4, 0.5) is 26.3 Å². The van der Waals surface area contributed by atoms with E-state index in [0.29, 0.717) is 18.5 Å². The molecule has 1 N–H and O–H groups in total. The minimum absolute atomic E-state index is 0.346. The van der Waals surface area contributed by atoms with E-state index in [0.717, 1.165) is 38.2 Å². The van der Waals surface area contributed by atoms with E-state index >= 15 is 0 Å². The summed E-state index contributed by atoms with van der Waals surface area (Å²) in [6.45, 7) is 6.02. The van der Waals surface area contributed by atoms with Crippen molar-refractivity contribution in [1.29, 1.82) is 0 Å². The molecule has 0 saturated heterocycles. The molecule has 3 nitrogen and oxygen atoms in total. The van der Waals surface area contributed by atoms with E-state index in [1.807, 2.05) is 13.8 Å². The molecule has 0 aliphatic heterocycles. The van der Waals surface area contributed by atoms with Crippen molar-refractivity contribution in [3.05, 3.63) is 17.5 Å². The third kappa shape index (κ3) is 18.1. The first-order valence-electron chi connectivity index (χ1n) is 10.1. The fourth-order valence-corrected chi connectivity index (χ4v) is 1.76. The van der Waals surface area contributed by atoms with Gasteiger partial charge < -0.3 is 0 Å². The lowest BCUT2D eigenvalue weighted by Crippen LogP contribution is -2.20.